The molecule has 3 unspecified atom stereocenters. The van der Waals surface area contributed by atoms with E-state index < -0.39 is 0 Å². The van der Waals surface area contributed by atoms with Gasteiger partial charge in [0.15, 0.2) is 0 Å². The molecule has 1 fully saturated rings. The highest BCUT2D eigenvalue weighted by Gasteiger charge is 2.26. The van der Waals surface area contributed by atoms with Gasteiger partial charge in [-0.2, -0.15) is 0 Å². The van der Waals surface area contributed by atoms with E-state index in [1.807, 2.05) is 0 Å². The van der Waals surface area contributed by atoms with Crippen LogP contribution in [0.15, 0.2) is 0 Å². The van der Waals surface area contributed by atoms with Crippen molar-refractivity contribution < 1.29 is 4.74 Å². The molecule has 1 saturated heterocycles. The van der Waals surface area contributed by atoms with Gasteiger partial charge in [-0.1, -0.05) is 40.5 Å². The minimum Gasteiger partial charge on any atom is -0.372 e. The number of rotatable bonds is 8. The van der Waals surface area contributed by atoms with Crippen LogP contribution in [0.25, 0.3) is 0 Å². The lowest BCUT2D eigenvalue weighted by Crippen LogP contribution is -2.35. The lowest BCUT2D eigenvalue weighted by atomic mass is 10.1. The van der Waals surface area contributed by atoms with Gasteiger partial charge in [0.1, 0.15) is 0 Å². The van der Waals surface area contributed by atoms with E-state index in [2.05, 4.69) is 32.6 Å². The molecule has 1 aliphatic rings. The molecule has 2 nitrogen and oxygen atoms in total. The molecule has 0 aromatic rings. The van der Waals surface area contributed by atoms with Crippen LogP contribution < -0.4 is 0 Å². The normalized spacial score (nSPS) is 24.2. The van der Waals surface area contributed by atoms with Gasteiger partial charge in [-0.05, 0) is 11.8 Å². The second-order valence-electron chi connectivity index (χ2n) is 5.20. The highest BCUT2D eigenvalue weighted by molar-refractivity contribution is 4.76. The molecule has 90 valence electrons. The Morgan fingerprint density at radius 2 is 1.60 bits per heavy atom. The van der Waals surface area contributed by atoms with Gasteiger partial charge in [-0.15, -0.1) is 0 Å². The van der Waals surface area contributed by atoms with E-state index in [1.165, 1.54) is 25.9 Å². The van der Waals surface area contributed by atoms with Gasteiger partial charge < -0.3 is 9.64 Å². The first-order chi connectivity index (χ1) is 7.15. The summed E-state index contributed by atoms with van der Waals surface area (Å²) in [5.74, 6) is 1.63. The van der Waals surface area contributed by atoms with Crippen molar-refractivity contribution in [3.8, 4) is 0 Å². The number of nitrogens with zero attached hydrogens (tertiary/aromatic N) is 1. The van der Waals surface area contributed by atoms with Crippen LogP contribution in [-0.2, 0) is 4.74 Å². The molecule has 1 aliphatic heterocycles. The minimum atomic E-state index is 0.540. The molecule has 0 aliphatic carbocycles. The summed E-state index contributed by atoms with van der Waals surface area (Å²) >= 11 is 0. The average molecular weight is 213 g/mol. The summed E-state index contributed by atoms with van der Waals surface area (Å²) in [4.78, 5) is 2.60. The van der Waals surface area contributed by atoms with E-state index in [0.29, 0.717) is 6.10 Å². The summed E-state index contributed by atoms with van der Waals surface area (Å²) in [5.41, 5.74) is 0. The number of ether oxygens (including phenoxy) is 1. The maximum absolute atomic E-state index is 5.33. The van der Waals surface area contributed by atoms with Crippen molar-refractivity contribution in [3.05, 3.63) is 0 Å². The summed E-state index contributed by atoms with van der Waals surface area (Å²) in [6.07, 6.45) is 3.10. The van der Waals surface area contributed by atoms with Gasteiger partial charge >= 0.3 is 0 Å². The monoisotopic (exact) mass is 213 g/mol. The van der Waals surface area contributed by atoms with Gasteiger partial charge in [0.05, 0.1) is 12.7 Å². The van der Waals surface area contributed by atoms with Crippen LogP contribution in [0, 0.1) is 11.8 Å². The summed E-state index contributed by atoms with van der Waals surface area (Å²) in [6, 6.07) is 0. The molecule has 0 radical (unpaired) electrons. The fraction of sp³-hybridized carbons (Fsp3) is 1.00. The molecule has 3 atom stereocenters. The molecule has 0 amide bonds. The van der Waals surface area contributed by atoms with E-state index in [9.17, 15) is 0 Å². The Balaban J connectivity index is 2.29. The maximum atomic E-state index is 5.33. The smallest absolute Gasteiger partial charge is 0.0936 e. The first-order valence-electron chi connectivity index (χ1n) is 6.49. The van der Waals surface area contributed by atoms with Crippen LogP contribution >= 0.6 is 0 Å². The highest BCUT2D eigenvalue weighted by Crippen LogP contribution is 2.15. The molecule has 15 heavy (non-hydrogen) atoms. The second kappa shape index (κ2) is 6.49. The third kappa shape index (κ3) is 5.53. The van der Waals surface area contributed by atoms with Crippen LogP contribution in [0.2, 0.25) is 0 Å². The van der Waals surface area contributed by atoms with E-state index in [4.69, 9.17) is 4.74 Å². The SMILES string of the molecule is CCC(C)CN(CC(C)CC)CC1CO1. The van der Waals surface area contributed by atoms with Gasteiger partial charge in [0, 0.05) is 19.6 Å². The lowest BCUT2D eigenvalue weighted by Gasteiger charge is -2.27. The van der Waals surface area contributed by atoms with Crippen molar-refractivity contribution in [2.45, 2.75) is 46.6 Å². The quantitative estimate of drug-likeness (QED) is 0.576. The third-order valence-electron chi connectivity index (χ3n) is 3.40. The van der Waals surface area contributed by atoms with Crippen molar-refractivity contribution in [1.29, 1.82) is 0 Å². The number of hydrogen-bond acceptors (Lipinski definition) is 2. The highest BCUT2D eigenvalue weighted by atomic mass is 16.6. The Bertz CT molecular complexity index is 156. The van der Waals surface area contributed by atoms with E-state index in [-0.39, 0.29) is 0 Å². The number of epoxide rings is 1. The van der Waals surface area contributed by atoms with Gasteiger partial charge in [0.2, 0.25) is 0 Å². The molecule has 0 N–H and O–H groups in total. The van der Waals surface area contributed by atoms with E-state index in [0.717, 1.165) is 25.0 Å². The van der Waals surface area contributed by atoms with Gasteiger partial charge in [-0.3, -0.25) is 0 Å². The van der Waals surface area contributed by atoms with Crippen LogP contribution in [0.3, 0.4) is 0 Å². The number of hydrogen-bond donors (Lipinski definition) is 0. The summed E-state index contributed by atoms with van der Waals surface area (Å²) in [5, 5.41) is 0. The van der Waals surface area contributed by atoms with Gasteiger partial charge in [0.25, 0.3) is 0 Å². The maximum Gasteiger partial charge on any atom is 0.0936 e. The zero-order chi connectivity index (χ0) is 11.3. The standard InChI is InChI=1S/C13H27NO/c1-5-11(3)7-14(8-12(4)6-2)9-13-10-15-13/h11-13H,5-10H2,1-4H3. The van der Waals surface area contributed by atoms with Crippen molar-refractivity contribution in [2.75, 3.05) is 26.2 Å². The molecular formula is C13H27NO. The fourth-order valence-corrected chi connectivity index (χ4v) is 1.82. The molecular weight excluding hydrogens is 186 g/mol. The first-order valence-corrected chi connectivity index (χ1v) is 6.49. The van der Waals surface area contributed by atoms with Crippen LogP contribution in [0.1, 0.15) is 40.5 Å². The Kier molecular flexibility index (Phi) is 5.62. The van der Waals surface area contributed by atoms with Gasteiger partial charge in [-0.25, -0.2) is 0 Å². The topological polar surface area (TPSA) is 15.8 Å². The fourth-order valence-electron chi connectivity index (χ4n) is 1.82. The Hall–Kier alpha value is -0.0800. The largest absolute Gasteiger partial charge is 0.372 e. The summed E-state index contributed by atoms with van der Waals surface area (Å²) in [7, 11) is 0. The van der Waals surface area contributed by atoms with Crippen LogP contribution in [0.4, 0.5) is 0 Å². The van der Waals surface area contributed by atoms with Crippen LogP contribution in [-0.4, -0.2) is 37.2 Å². The van der Waals surface area contributed by atoms with Crippen molar-refractivity contribution in [2.24, 2.45) is 11.8 Å². The molecule has 0 bridgehead atoms. The first kappa shape index (κ1) is 13.0. The summed E-state index contributed by atoms with van der Waals surface area (Å²) in [6.45, 7) is 13.8. The lowest BCUT2D eigenvalue weighted by molar-refractivity contribution is 0.187. The predicted molar refractivity (Wildman–Crippen MR) is 65.1 cm³/mol. The molecule has 0 saturated carbocycles. The predicted octanol–water partition coefficient (Wildman–Crippen LogP) is 2.78. The third-order valence-corrected chi connectivity index (χ3v) is 3.40. The molecule has 1 heterocycles. The summed E-state index contributed by atoms with van der Waals surface area (Å²) < 4.78 is 5.33. The zero-order valence-corrected chi connectivity index (χ0v) is 10.8. The van der Waals surface area contributed by atoms with Crippen molar-refractivity contribution >= 4 is 0 Å². The Labute approximate surface area is 95.0 Å². The van der Waals surface area contributed by atoms with E-state index in [1.54, 1.807) is 0 Å². The van der Waals surface area contributed by atoms with Crippen LogP contribution in [0.5, 0.6) is 0 Å². The van der Waals surface area contributed by atoms with Crippen molar-refractivity contribution in [3.63, 3.8) is 0 Å². The Morgan fingerprint density at radius 1 is 1.13 bits per heavy atom. The Morgan fingerprint density at radius 3 is 1.93 bits per heavy atom. The molecule has 0 spiro atoms. The molecule has 1 rings (SSSR count). The molecule has 0 aromatic carbocycles. The minimum absolute atomic E-state index is 0.540. The second-order valence-corrected chi connectivity index (χ2v) is 5.20. The average Bonchev–Trinajstić information content (AvgIpc) is 3.01. The zero-order valence-electron chi connectivity index (χ0n) is 10.8. The molecule has 0 aromatic heterocycles. The van der Waals surface area contributed by atoms with Crippen molar-refractivity contribution in [1.82, 2.24) is 4.90 Å². The molecule has 2 heteroatoms. The van der Waals surface area contributed by atoms with E-state index >= 15 is 0 Å².